The molecular formula is C24H18F2N4. The highest BCUT2D eigenvalue weighted by Crippen LogP contribution is 2.51. The summed E-state index contributed by atoms with van der Waals surface area (Å²) in [4.78, 5) is 16.6. The molecule has 0 unspecified atom stereocenters. The Bertz CT molecular complexity index is 1210. The molecule has 0 saturated carbocycles. The topological polar surface area (TPSA) is 51.6 Å². The second kappa shape index (κ2) is 7.06. The fraction of sp³-hybridized carbons (Fsp3) is 0.167. The van der Waals surface area contributed by atoms with E-state index >= 15 is 0 Å². The molecule has 1 aliphatic rings. The molecule has 3 aromatic heterocycles. The number of rotatable bonds is 4. The maximum atomic E-state index is 13.9. The summed E-state index contributed by atoms with van der Waals surface area (Å²) in [5, 5.41) is 0. The zero-order valence-corrected chi connectivity index (χ0v) is 16.3. The highest BCUT2D eigenvalue weighted by molar-refractivity contribution is 5.78. The fourth-order valence-corrected chi connectivity index (χ4v) is 4.52. The highest BCUT2D eigenvalue weighted by Gasteiger charge is 2.44. The van der Waals surface area contributed by atoms with Gasteiger partial charge in [-0.05, 0) is 60.7 Å². The third kappa shape index (κ3) is 3.05. The Kier molecular flexibility index (Phi) is 4.35. The second-order valence-corrected chi connectivity index (χ2v) is 7.63. The molecule has 1 aromatic carbocycles. The normalized spacial score (nSPS) is 13.7. The third-order valence-electron chi connectivity index (χ3n) is 5.72. The summed E-state index contributed by atoms with van der Waals surface area (Å²) in [5.41, 5.74) is 4.99. The molecule has 0 aliphatic heterocycles. The standard InChI is InChI=1S/C24H18F2N4/c1-15-29-14-20-23(30-15)18-4-2-3-5-19(18)24(20,12-16-6-8-27-21(25)10-16)13-17-7-9-28-22(26)11-17/h2-11,14H,12-13H2,1H3. The summed E-state index contributed by atoms with van der Waals surface area (Å²) < 4.78 is 27.8. The lowest BCUT2D eigenvalue weighted by atomic mass is 9.70. The third-order valence-corrected chi connectivity index (χ3v) is 5.72. The van der Waals surface area contributed by atoms with Crippen LogP contribution in [0.3, 0.4) is 0 Å². The summed E-state index contributed by atoms with van der Waals surface area (Å²) >= 11 is 0. The van der Waals surface area contributed by atoms with Crippen molar-refractivity contribution in [2.75, 3.05) is 0 Å². The van der Waals surface area contributed by atoms with Gasteiger partial charge in [-0.15, -0.1) is 0 Å². The molecule has 0 saturated heterocycles. The summed E-state index contributed by atoms with van der Waals surface area (Å²) in [6, 6.07) is 14.6. The quantitative estimate of drug-likeness (QED) is 0.470. The number of nitrogens with zero attached hydrogens (tertiary/aromatic N) is 4. The van der Waals surface area contributed by atoms with Gasteiger partial charge in [0.2, 0.25) is 11.9 Å². The number of benzene rings is 1. The van der Waals surface area contributed by atoms with Crippen molar-refractivity contribution in [1.82, 2.24) is 19.9 Å². The number of fused-ring (bicyclic) bond motifs is 3. The molecule has 0 bridgehead atoms. The molecule has 0 amide bonds. The monoisotopic (exact) mass is 400 g/mol. The van der Waals surface area contributed by atoms with Gasteiger partial charge < -0.3 is 0 Å². The van der Waals surface area contributed by atoms with Gasteiger partial charge >= 0.3 is 0 Å². The van der Waals surface area contributed by atoms with E-state index in [1.807, 2.05) is 43.5 Å². The minimum atomic E-state index is -0.568. The molecule has 5 rings (SSSR count). The lowest BCUT2D eigenvalue weighted by molar-refractivity contribution is 0.507. The Hall–Kier alpha value is -3.54. The Morgan fingerprint density at radius 3 is 2.07 bits per heavy atom. The van der Waals surface area contributed by atoms with E-state index < -0.39 is 17.3 Å². The molecule has 4 aromatic rings. The van der Waals surface area contributed by atoms with E-state index in [9.17, 15) is 8.78 Å². The second-order valence-electron chi connectivity index (χ2n) is 7.63. The van der Waals surface area contributed by atoms with Crippen molar-refractivity contribution in [2.45, 2.75) is 25.2 Å². The molecule has 0 fully saturated rings. The van der Waals surface area contributed by atoms with Crippen LogP contribution in [0.15, 0.2) is 67.1 Å². The van der Waals surface area contributed by atoms with Gasteiger partial charge in [0.05, 0.1) is 5.69 Å². The zero-order valence-electron chi connectivity index (χ0n) is 16.3. The van der Waals surface area contributed by atoms with E-state index in [1.165, 1.54) is 24.5 Å². The average Bonchev–Trinajstić information content (AvgIpc) is 2.97. The zero-order chi connectivity index (χ0) is 20.7. The first-order valence-electron chi connectivity index (χ1n) is 9.70. The van der Waals surface area contributed by atoms with Crippen LogP contribution in [0.5, 0.6) is 0 Å². The van der Waals surface area contributed by atoms with Crippen molar-refractivity contribution in [1.29, 1.82) is 0 Å². The van der Waals surface area contributed by atoms with E-state index in [1.54, 1.807) is 0 Å². The van der Waals surface area contributed by atoms with Crippen LogP contribution in [0.2, 0.25) is 0 Å². The largest absolute Gasteiger partial charge is 0.241 e. The van der Waals surface area contributed by atoms with Crippen LogP contribution in [0.1, 0.15) is 28.1 Å². The van der Waals surface area contributed by atoms with Gasteiger partial charge in [0, 0.05) is 35.1 Å². The Morgan fingerprint density at radius 2 is 1.43 bits per heavy atom. The first-order valence-corrected chi connectivity index (χ1v) is 9.70. The van der Waals surface area contributed by atoms with E-state index in [-0.39, 0.29) is 0 Å². The number of aromatic nitrogens is 4. The first kappa shape index (κ1) is 18.5. The lowest BCUT2D eigenvalue weighted by Crippen LogP contribution is -2.31. The molecule has 0 N–H and O–H groups in total. The summed E-state index contributed by atoms with van der Waals surface area (Å²) in [5.74, 6) is -0.363. The molecule has 0 spiro atoms. The van der Waals surface area contributed by atoms with Gasteiger partial charge in [-0.1, -0.05) is 24.3 Å². The molecular weight excluding hydrogens is 382 g/mol. The molecule has 30 heavy (non-hydrogen) atoms. The van der Waals surface area contributed by atoms with Crippen LogP contribution in [0, 0.1) is 18.8 Å². The van der Waals surface area contributed by atoms with Crippen molar-refractivity contribution in [3.8, 4) is 11.3 Å². The van der Waals surface area contributed by atoms with Gasteiger partial charge in [0.15, 0.2) is 0 Å². The summed E-state index contributed by atoms with van der Waals surface area (Å²) in [7, 11) is 0. The maximum Gasteiger partial charge on any atom is 0.213 e. The van der Waals surface area contributed by atoms with Crippen LogP contribution in [0.25, 0.3) is 11.3 Å². The molecule has 4 nitrogen and oxygen atoms in total. The summed E-state index contributed by atoms with van der Waals surface area (Å²) in [6.45, 7) is 1.86. The van der Waals surface area contributed by atoms with Gasteiger partial charge in [-0.25, -0.2) is 19.9 Å². The Morgan fingerprint density at radius 1 is 0.800 bits per heavy atom. The van der Waals surface area contributed by atoms with Crippen molar-refractivity contribution in [3.63, 3.8) is 0 Å². The molecule has 0 atom stereocenters. The smallest absolute Gasteiger partial charge is 0.213 e. The predicted octanol–water partition coefficient (Wildman–Crippen LogP) is 4.61. The van der Waals surface area contributed by atoms with Gasteiger partial charge in [-0.2, -0.15) is 8.78 Å². The number of aryl methyl sites for hydroxylation is 1. The number of hydrogen-bond donors (Lipinski definition) is 0. The number of hydrogen-bond acceptors (Lipinski definition) is 4. The molecule has 1 aliphatic carbocycles. The van der Waals surface area contributed by atoms with E-state index in [0.717, 1.165) is 33.5 Å². The Labute approximate surface area is 172 Å². The van der Waals surface area contributed by atoms with E-state index in [2.05, 4.69) is 21.0 Å². The number of pyridine rings is 2. The Balaban J connectivity index is 1.76. The summed E-state index contributed by atoms with van der Waals surface area (Å²) in [6.07, 6.45) is 5.81. The molecule has 6 heteroatoms. The van der Waals surface area contributed by atoms with Crippen LogP contribution in [-0.2, 0) is 18.3 Å². The van der Waals surface area contributed by atoms with Crippen LogP contribution < -0.4 is 0 Å². The molecule has 0 radical (unpaired) electrons. The molecule has 3 heterocycles. The molecule has 148 valence electrons. The predicted molar refractivity (Wildman–Crippen MR) is 109 cm³/mol. The average molecular weight is 400 g/mol. The van der Waals surface area contributed by atoms with Crippen LogP contribution >= 0.6 is 0 Å². The van der Waals surface area contributed by atoms with E-state index in [4.69, 9.17) is 4.98 Å². The van der Waals surface area contributed by atoms with Crippen molar-refractivity contribution < 1.29 is 8.78 Å². The van der Waals surface area contributed by atoms with Crippen molar-refractivity contribution in [2.24, 2.45) is 0 Å². The lowest BCUT2D eigenvalue weighted by Gasteiger charge is -2.32. The van der Waals surface area contributed by atoms with Gasteiger partial charge in [-0.3, -0.25) is 0 Å². The van der Waals surface area contributed by atoms with Crippen LogP contribution in [-0.4, -0.2) is 19.9 Å². The maximum absolute atomic E-state index is 13.9. The van der Waals surface area contributed by atoms with Crippen molar-refractivity contribution in [3.05, 3.63) is 107 Å². The van der Waals surface area contributed by atoms with Gasteiger partial charge in [0.1, 0.15) is 5.82 Å². The first-order chi connectivity index (χ1) is 14.5. The van der Waals surface area contributed by atoms with Gasteiger partial charge in [0.25, 0.3) is 0 Å². The highest BCUT2D eigenvalue weighted by atomic mass is 19.1. The SMILES string of the molecule is Cc1ncc2c(n1)-c1ccccc1C2(Cc1ccnc(F)c1)Cc1ccnc(F)c1. The minimum Gasteiger partial charge on any atom is -0.241 e. The van der Waals surface area contributed by atoms with Crippen LogP contribution in [0.4, 0.5) is 8.78 Å². The minimum absolute atomic E-state index is 0.507. The fourth-order valence-electron chi connectivity index (χ4n) is 4.52. The number of halogens is 2. The van der Waals surface area contributed by atoms with E-state index in [0.29, 0.717) is 18.7 Å². The van der Waals surface area contributed by atoms with Crippen molar-refractivity contribution >= 4 is 0 Å².